The van der Waals surface area contributed by atoms with Gasteiger partial charge < -0.3 is 19.8 Å². The molecule has 3 aromatic rings. The summed E-state index contributed by atoms with van der Waals surface area (Å²) in [4.78, 5) is 16.4. The van der Waals surface area contributed by atoms with E-state index in [1.54, 1.807) is 11.6 Å². The molecule has 24 heavy (non-hydrogen) atoms. The molecular weight excluding hydrogens is 316 g/mol. The summed E-state index contributed by atoms with van der Waals surface area (Å²) in [7, 11) is 1.56. The predicted octanol–water partition coefficient (Wildman–Crippen LogP) is 0.270. The molecule has 1 aliphatic heterocycles. The van der Waals surface area contributed by atoms with Crippen molar-refractivity contribution < 1.29 is 9.66 Å². The lowest BCUT2D eigenvalue weighted by molar-refractivity contribution is -0.396. The van der Waals surface area contributed by atoms with Crippen LogP contribution in [0.1, 0.15) is 0 Å². The molecule has 0 amide bonds. The molecule has 0 spiro atoms. The third-order valence-electron chi connectivity index (χ3n) is 3.94. The van der Waals surface area contributed by atoms with Gasteiger partial charge in [-0.25, -0.2) is 4.57 Å². The predicted molar refractivity (Wildman–Crippen MR) is 82.7 cm³/mol. The van der Waals surface area contributed by atoms with Crippen molar-refractivity contribution in [2.45, 2.75) is 0 Å². The van der Waals surface area contributed by atoms with Crippen molar-refractivity contribution in [2.24, 2.45) is 7.05 Å². The molecule has 0 saturated carbocycles. The van der Waals surface area contributed by atoms with Gasteiger partial charge in [0.15, 0.2) is 11.3 Å². The van der Waals surface area contributed by atoms with Crippen molar-refractivity contribution in [2.75, 3.05) is 31.2 Å². The van der Waals surface area contributed by atoms with Gasteiger partial charge in [-0.15, -0.1) is 15.3 Å². The van der Waals surface area contributed by atoms with Crippen LogP contribution >= 0.6 is 0 Å². The first-order valence-electron chi connectivity index (χ1n) is 7.37. The smallest absolute Gasteiger partial charge is 0.390 e. The third-order valence-corrected chi connectivity index (χ3v) is 3.94. The first-order chi connectivity index (χ1) is 11.6. The zero-order valence-electron chi connectivity index (χ0n) is 12.9. The summed E-state index contributed by atoms with van der Waals surface area (Å²) in [6.07, 6.45) is 1.40. The van der Waals surface area contributed by atoms with Crippen LogP contribution in [0.2, 0.25) is 0 Å². The van der Waals surface area contributed by atoms with Crippen LogP contribution in [0.25, 0.3) is 17.2 Å². The van der Waals surface area contributed by atoms with Crippen LogP contribution < -0.4 is 4.90 Å². The number of hydrogen-bond acceptors (Lipinski definition) is 8. The zero-order chi connectivity index (χ0) is 16.7. The highest BCUT2D eigenvalue weighted by molar-refractivity contribution is 5.57. The Morgan fingerprint density at radius 2 is 2.04 bits per heavy atom. The Morgan fingerprint density at radius 3 is 2.75 bits per heavy atom. The summed E-state index contributed by atoms with van der Waals surface area (Å²) in [6.45, 7) is 2.83. The number of imidazole rings is 1. The fourth-order valence-corrected chi connectivity index (χ4v) is 2.68. The van der Waals surface area contributed by atoms with Gasteiger partial charge in [0, 0.05) is 13.1 Å². The third kappa shape index (κ3) is 2.25. The van der Waals surface area contributed by atoms with Gasteiger partial charge in [-0.2, -0.15) is 4.52 Å². The molecule has 11 nitrogen and oxygen atoms in total. The van der Waals surface area contributed by atoms with Gasteiger partial charge in [0.2, 0.25) is 5.82 Å². The molecule has 0 radical (unpaired) electrons. The lowest BCUT2D eigenvalue weighted by Gasteiger charge is -2.27. The molecule has 0 bridgehead atoms. The van der Waals surface area contributed by atoms with E-state index in [4.69, 9.17) is 4.74 Å². The number of hydrogen-bond donors (Lipinski definition) is 0. The lowest BCUT2D eigenvalue weighted by atomic mass is 10.4. The van der Waals surface area contributed by atoms with E-state index in [9.17, 15) is 10.1 Å². The molecule has 0 N–H and O–H groups in total. The zero-order valence-corrected chi connectivity index (χ0v) is 12.9. The number of rotatable bonds is 3. The Morgan fingerprint density at radius 1 is 1.25 bits per heavy atom. The molecule has 0 unspecified atom stereocenters. The summed E-state index contributed by atoms with van der Waals surface area (Å²) < 4.78 is 8.29. The molecule has 1 fully saturated rings. The first kappa shape index (κ1) is 14.5. The maximum atomic E-state index is 11.0. The van der Waals surface area contributed by atoms with Gasteiger partial charge in [-0.05, 0) is 17.1 Å². The first-order valence-corrected chi connectivity index (χ1v) is 7.37. The highest BCUT2D eigenvalue weighted by atomic mass is 16.6. The van der Waals surface area contributed by atoms with Crippen LogP contribution in [0.4, 0.5) is 11.8 Å². The molecule has 4 rings (SSSR count). The van der Waals surface area contributed by atoms with Crippen LogP contribution in [0, 0.1) is 10.1 Å². The van der Waals surface area contributed by atoms with Crippen LogP contribution in [-0.4, -0.2) is 60.6 Å². The summed E-state index contributed by atoms with van der Waals surface area (Å²) in [6, 6.07) is 3.70. The van der Waals surface area contributed by atoms with Crippen molar-refractivity contribution in [1.29, 1.82) is 0 Å². The van der Waals surface area contributed by atoms with Gasteiger partial charge in [0.05, 0.1) is 20.3 Å². The number of nitrogens with zero attached hydrogens (tertiary/aromatic N) is 8. The van der Waals surface area contributed by atoms with E-state index < -0.39 is 4.92 Å². The van der Waals surface area contributed by atoms with Crippen LogP contribution in [-0.2, 0) is 11.8 Å². The van der Waals surface area contributed by atoms with E-state index in [2.05, 4.69) is 25.2 Å². The normalized spacial score (nSPS) is 15.1. The van der Waals surface area contributed by atoms with Crippen molar-refractivity contribution >= 4 is 17.4 Å². The molecular formula is C13H14N8O3. The van der Waals surface area contributed by atoms with Crippen LogP contribution in [0.5, 0.6) is 0 Å². The maximum Gasteiger partial charge on any atom is 0.434 e. The Balaban J connectivity index is 1.80. The molecule has 4 heterocycles. The van der Waals surface area contributed by atoms with Crippen molar-refractivity contribution in [3.05, 3.63) is 28.4 Å². The molecule has 0 atom stereocenters. The van der Waals surface area contributed by atoms with Gasteiger partial charge >= 0.3 is 5.95 Å². The SMILES string of the molecule is Cn1c(-c2nnc3ccc(N4CCOCC4)nn23)cnc1[N+](=O)[O-]. The molecule has 124 valence electrons. The van der Waals surface area contributed by atoms with E-state index in [0.29, 0.717) is 30.4 Å². The second-order valence-electron chi connectivity index (χ2n) is 5.34. The quantitative estimate of drug-likeness (QED) is 0.496. The van der Waals surface area contributed by atoms with Crippen molar-refractivity contribution in [3.8, 4) is 11.5 Å². The van der Waals surface area contributed by atoms with E-state index in [-0.39, 0.29) is 5.95 Å². The number of anilines is 1. The number of nitro groups is 1. The highest BCUT2D eigenvalue weighted by Gasteiger charge is 2.23. The standard InChI is InChI=1S/C13H14N8O3/c1-18-9(8-14-13(18)21(22)23)12-16-15-10-2-3-11(17-20(10)12)19-4-6-24-7-5-19/h2-3,8H,4-7H2,1H3. The number of aromatic nitrogens is 6. The Hall–Kier alpha value is -3.08. The lowest BCUT2D eigenvalue weighted by Crippen LogP contribution is -2.37. The second kappa shape index (κ2) is 5.53. The summed E-state index contributed by atoms with van der Waals surface area (Å²) in [5, 5.41) is 23.7. The number of ether oxygens (including phenoxy) is 1. The van der Waals surface area contributed by atoms with Crippen LogP contribution in [0.15, 0.2) is 18.3 Å². The van der Waals surface area contributed by atoms with E-state index in [1.165, 1.54) is 10.8 Å². The van der Waals surface area contributed by atoms with Crippen molar-refractivity contribution in [1.82, 2.24) is 29.4 Å². The average molecular weight is 330 g/mol. The molecule has 1 saturated heterocycles. The average Bonchev–Trinajstić information content (AvgIpc) is 3.18. The number of morpholine rings is 1. The van der Waals surface area contributed by atoms with Gasteiger partial charge in [-0.3, -0.25) is 0 Å². The van der Waals surface area contributed by atoms with Gasteiger partial charge in [0.1, 0.15) is 12.0 Å². The minimum absolute atomic E-state index is 0.258. The molecule has 11 heteroatoms. The molecule has 3 aromatic heterocycles. The van der Waals surface area contributed by atoms with Gasteiger partial charge in [-0.1, -0.05) is 4.98 Å². The Bertz CT molecular complexity index is 911. The molecule has 0 aliphatic carbocycles. The van der Waals surface area contributed by atoms with E-state index >= 15 is 0 Å². The Kier molecular flexibility index (Phi) is 3.34. The van der Waals surface area contributed by atoms with E-state index in [1.807, 2.05) is 12.1 Å². The van der Waals surface area contributed by atoms with Gasteiger partial charge in [0.25, 0.3) is 0 Å². The molecule has 0 aromatic carbocycles. The minimum Gasteiger partial charge on any atom is -0.390 e. The monoisotopic (exact) mass is 330 g/mol. The molecule has 1 aliphatic rings. The number of fused-ring (bicyclic) bond motifs is 1. The highest BCUT2D eigenvalue weighted by Crippen LogP contribution is 2.22. The maximum absolute atomic E-state index is 11.0. The summed E-state index contributed by atoms with van der Waals surface area (Å²) in [5.41, 5.74) is 1.03. The van der Waals surface area contributed by atoms with Crippen molar-refractivity contribution in [3.63, 3.8) is 0 Å². The second-order valence-corrected chi connectivity index (χ2v) is 5.34. The Labute approximate surface area is 135 Å². The topological polar surface area (TPSA) is 117 Å². The fourth-order valence-electron chi connectivity index (χ4n) is 2.68. The summed E-state index contributed by atoms with van der Waals surface area (Å²) in [5.74, 6) is 0.929. The fraction of sp³-hybridized carbons (Fsp3) is 0.385. The summed E-state index contributed by atoms with van der Waals surface area (Å²) >= 11 is 0. The largest absolute Gasteiger partial charge is 0.434 e. The minimum atomic E-state index is -0.542. The van der Waals surface area contributed by atoms with E-state index in [0.717, 1.165) is 18.9 Å². The van der Waals surface area contributed by atoms with Crippen LogP contribution in [0.3, 0.4) is 0 Å².